The number of anilines is 1. The Morgan fingerprint density at radius 2 is 1.85 bits per heavy atom. The molecule has 26 heavy (non-hydrogen) atoms. The molecule has 0 unspecified atom stereocenters. The summed E-state index contributed by atoms with van der Waals surface area (Å²) in [7, 11) is 0. The van der Waals surface area contributed by atoms with Gasteiger partial charge in [0.05, 0.1) is 16.6 Å². The summed E-state index contributed by atoms with van der Waals surface area (Å²) in [4.78, 5) is 17.0. The first kappa shape index (κ1) is 16.7. The molecule has 1 aromatic heterocycles. The average Bonchev–Trinajstić information content (AvgIpc) is 3.02. The van der Waals surface area contributed by atoms with E-state index in [9.17, 15) is 4.79 Å². The number of hydrogen-bond donors (Lipinski definition) is 1. The summed E-state index contributed by atoms with van der Waals surface area (Å²) < 4.78 is 1.11. The minimum atomic E-state index is -0.0385. The Labute approximate surface area is 156 Å². The highest BCUT2D eigenvalue weighted by molar-refractivity contribution is 7.22. The summed E-state index contributed by atoms with van der Waals surface area (Å²) in [6.45, 7) is 4.35. The lowest BCUT2D eigenvalue weighted by Crippen LogP contribution is -2.14. The normalized spacial score (nSPS) is 11.3. The number of benzene rings is 3. The third-order valence-electron chi connectivity index (χ3n) is 4.50. The van der Waals surface area contributed by atoms with Crippen molar-refractivity contribution in [3.05, 3.63) is 71.8 Å². The first-order valence-corrected chi connectivity index (χ1v) is 9.58. The molecule has 0 saturated carbocycles. The molecule has 4 rings (SSSR count). The van der Waals surface area contributed by atoms with Gasteiger partial charge in [-0.05, 0) is 39.9 Å². The van der Waals surface area contributed by atoms with Crippen LogP contribution in [0.5, 0.6) is 0 Å². The van der Waals surface area contributed by atoms with E-state index in [2.05, 4.69) is 60.5 Å². The van der Waals surface area contributed by atoms with Crippen LogP contribution < -0.4 is 5.32 Å². The Kier molecular flexibility index (Phi) is 4.43. The van der Waals surface area contributed by atoms with E-state index >= 15 is 0 Å². The lowest BCUT2D eigenvalue weighted by molar-refractivity contribution is -0.115. The molecule has 0 saturated heterocycles. The highest BCUT2D eigenvalue weighted by Gasteiger charge is 2.10. The summed E-state index contributed by atoms with van der Waals surface area (Å²) in [5.74, 6) is 0.441. The van der Waals surface area contributed by atoms with Gasteiger partial charge in [-0.15, -0.1) is 0 Å². The van der Waals surface area contributed by atoms with Crippen molar-refractivity contribution in [1.82, 2.24) is 4.98 Å². The molecule has 3 aromatic carbocycles. The second-order valence-corrected chi connectivity index (χ2v) is 7.84. The minimum absolute atomic E-state index is 0.0385. The summed E-state index contributed by atoms with van der Waals surface area (Å²) in [6, 6.07) is 20.6. The third kappa shape index (κ3) is 3.46. The molecule has 4 aromatic rings. The van der Waals surface area contributed by atoms with Gasteiger partial charge < -0.3 is 5.32 Å². The molecule has 0 spiro atoms. The van der Waals surface area contributed by atoms with Crippen LogP contribution in [0, 0.1) is 0 Å². The zero-order valence-corrected chi connectivity index (χ0v) is 15.6. The van der Waals surface area contributed by atoms with Gasteiger partial charge in [0.25, 0.3) is 0 Å². The maximum absolute atomic E-state index is 12.4. The number of aromatic nitrogens is 1. The van der Waals surface area contributed by atoms with Crippen LogP contribution in [0.3, 0.4) is 0 Å². The Bertz CT molecular complexity index is 1100. The van der Waals surface area contributed by atoms with Crippen molar-refractivity contribution in [3.8, 4) is 0 Å². The number of amides is 1. The molecule has 0 aliphatic heterocycles. The largest absolute Gasteiger partial charge is 0.302 e. The Hall–Kier alpha value is -2.72. The number of carbonyl (C=O) groups is 1. The fraction of sp³-hybridized carbons (Fsp3) is 0.182. The van der Waals surface area contributed by atoms with E-state index in [1.165, 1.54) is 22.3 Å². The summed E-state index contributed by atoms with van der Waals surface area (Å²) in [5, 5.41) is 5.94. The van der Waals surface area contributed by atoms with E-state index < -0.39 is 0 Å². The number of carbonyl (C=O) groups excluding carboxylic acids is 1. The van der Waals surface area contributed by atoms with Crippen molar-refractivity contribution >= 4 is 43.4 Å². The van der Waals surface area contributed by atoms with Crippen LogP contribution in [0.25, 0.3) is 21.0 Å². The predicted octanol–water partition coefficient (Wildman–Crippen LogP) is 5.75. The number of hydrogen-bond acceptors (Lipinski definition) is 3. The highest BCUT2D eigenvalue weighted by Crippen LogP contribution is 2.29. The maximum Gasteiger partial charge on any atom is 0.230 e. The van der Waals surface area contributed by atoms with Crippen molar-refractivity contribution in [3.63, 3.8) is 0 Å². The van der Waals surface area contributed by atoms with Gasteiger partial charge in [0, 0.05) is 0 Å². The van der Waals surface area contributed by atoms with Crippen LogP contribution in [0.2, 0.25) is 0 Å². The molecule has 1 N–H and O–H groups in total. The van der Waals surface area contributed by atoms with Gasteiger partial charge in [-0.1, -0.05) is 73.7 Å². The number of fused-ring (bicyclic) bond motifs is 2. The Morgan fingerprint density at radius 1 is 1.04 bits per heavy atom. The minimum Gasteiger partial charge on any atom is -0.302 e. The van der Waals surface area contributed by atoms with Gasteiger partial charge in [0.1, 0.15) is 0 Å². The van der Waals surface area contributed by atoms with E-state index in [0.29, 0.717) is 17.5 Å². The molecule has 0 radical (unpaired) electrons. The number of thiazole rings is 1. The van der Waals surface area contributed by atoms with Crippen molar-refractivity contribution in [2.24, 2.45) is 0 Å². The monoisotopic (exact) mass is 360 g/mol. The SMILES string of the molecule is CC(C)c1ccc2nc(NC(=O)Cc3ccc4ccccc4c3)sc2c1. The summed E-state index contributed by atoms with van der Waals surface area (Å²) in [5.41, 5.74) is 3.22. The van der Waals surface area contributed by atoms with Gasteiger partial charge in [-0.25, -0.2) is 4.98 Å². The second kappa shape index (κ2) is 6.89. The van der Waals surface area contributed by atoms with Crippen molar-refractivity contribution in [1.29, 1.82) is 0 Å². The molecule has 1 heterocycles. The second-order valence-electron chi connectivity index (χ2n) is 6.81. The van der Waals surface area contributed by atoms with E-state index in [1.807, 2.05) is 24.3 Å². The maximum atomic E-state index is 12.4. The molecule has 0 atom stereocenters. The van der Waals surface area contributed by atoms with Crippen LogP contribution in [0.4, 0.5) is 5.13 Å². The first-order chi connectivity index (χ1) is 12.6. The smallest absolute Gasteiger partial charge is 0.230 e. The van der Waals surface area contributed by atoms with Crippen molar-refractivity contribution in [2.75, 3.05) is 5.32 Å². The number of nitrogens with zero attached hydrogens (tertiary/aromatic N) is 1. The molecular weight excluding hydrogens is 340 g/mol. The van der Waals surface area contributed by atoms with Crippen LogP contribution >= 0.6 is 11.3 Å². The van der Waals surface area contributed by atoms with Gasteiger partial charge >= 0.3 is 0 Å². The van der Waals surface area contributed by atoms with E-state index in [0.717, 1.165) is 21.2 Å². The lowest BCUT2D eigenvalue weighted by Gasteiger charge is -2.04. The molecule has 0 fully saturated rings. The predicted molar refractivity (Wildman–Crippen MR) is 110 cm³/mol. The van der Waals surface area contributed by atoms with Crippen molar-refractivity contribution < 1.29 is 4.79 Å². The summed E-state index contributed by atoms with van der Waals surface area (Å²) in [6.07, 6.45) is 0.345. The van der Waals surface area contributed by atoms with Crippen LogP contribution in [-0.2, 0) is 11.2 Å². The number of nitrogens with one attached hydrogen (secondary N) is 1. The Balaban J connectivity index is 1.50. The van der Waals surface area contributed by atoms with Crippen molar-refractivity contribution in [2.45, 2.75) is 26.2 Å². The van der Waals surface area contributed by atoms with Crippen LogP contribution in [0.1, 0.15) is 30.9 Å². The first-order valence-electron chi connectivity index (χ1n) is 8.76. The zero-order chi connectivity index (χ0) is 18.1. The molecule has 3 nitrogen and oxygen atoms in total. The standard InChI is InChI=1S/C22H20N2OS/c1-14(2)17-9-10-19-20(13-17)26-22(23-19)24-21(25)12-15-7-8-16-5-3-4-6-18(16)11-15/h3-11,13-14H,12H2,1-2H3,(H,23,24,25). The summed E-state index contributed by atoms with van der Waals surface area (Å²) >= 11 is 1.53. The van der Waals surface area contributed by atoms with Crippen LogP contribution in [-0.4, -0.2) is 10.9 Å². The van der Waals surface area contributed by atoms with E-state index in [-0.39, 0.29) is 5.91 Å². The van der Waals surface area contributed by atoms with Gasteiger partial charge in [0.2, 0.25) is 5.91 Å². The van der Waals surface area contributed by atoms with Gasteiger partial charge in [0.15, 0.2) is 5.13 Å². The van der Waals surface area contributed by atoms with Gasteiger partial charge in [-0.2, -0.15) is 0 Å². The Morgan fingerprint density at radius 3 is 2.65 bits per heavy atom. The molecule has 130 valence electrons. The third-order valence-corrected chi connectivity index (χ3v) is 5.44. The molecule has 4 heteroatoms. The molecule has 0 bridgehead atoms. The fourth-order valence-corrected chi connectivity index (χ4v) is 3.98. The van der Waals surface area contributed by atoms with Crippen LogP contribution in [0.15, 0.2) is 60.7 Å². The lowest BCUT2D eigenvalue weighted by atomic mass is 10.0. The quantitative estimate of drug-likeness (QED) is 0.503. The topological polar surface area (TPSA) is 42.0 Å². The number of rotatable bonds is 4. The molecule has 0 aliphatic rings. The fourth-order valence-electron chi connectivity index (χ4n) is 3.05. The zero-order valence-electron chi connectivity index (χ0n) is 14.8. The average molecular weight is 360 g/mol. The van der Waals surface area contributed by atoms with E-state index in [1.54, 1.807) is 0 Å². The van der Waals surface area contributed by atoms with E-state index in [4.69, 9.17) is 0 Å². The highest BCUT2D eigenvalue weighted by atomic mass is 32.1. The molecule has 1 amide bonds. The van der Waals surface area contributed by atoms with Gasteiger partial charge in [-0.3, -0.25) is 4.79 Å². The molecular formula is C22H20N2OS. The molecule has 0 aliphatic carbocycles.